The molecule has 18 heavy (non-hydrogen) atoms. The lowest BCUT2D eigenvalue weighted by Crippen LogP contribution is -2.38. The minimum atomic E-state index is -0.259. The Labute approximate surface area is 108 Å². The van der Waals surface area contributed by atoms with Crippen LogP contribution >= 0.6 is 0 Å². The summed E-state index contributed by atoms with van der Waals surface area (Å²) in [5.41, 5.74) is 12.9. The number of carbonyl (C=O) groups excluding carboxylic acids is 1. The maximum Gasteiger partial charge on any atom is 0.231 e. The molecular formula is C14H21N3O. The van der Waals surface area contributed by atoms with E-state index in [0.717, 1.165) is 24.7 Å². The zero-order valence-electron chi connectivity index (χ0n) is 10.6. The first kappa shape index (κ1) is 12.9. The molecule has 0 radical (unpaired) electrons. The van der Waals surface area contributed by atoms with Crippen LogP contribution in [0.15, 0.2) is 24.3 Å². The van der Waals surface area contributed by atoms with E-state index in [1.165, 1.54) is 24.8 Å². The van der Waals surface area contributed by atoms with Crippen LogP contribution in [0.2, 0.25) is 0 Å². The average Bonchev–Trinajstić information content (AvgIpc) is 2.26. The number of nitrogens with zero attached hydrogens (tertiary/aromatic N) is 1. The van der Waals surface area contributed by atoms with Crippen LogP contribution in [-0.2, 0) is 11.3 Å². The third-order valence-electron chi connectivity index (χ3n) is 3.51. The summed E-state index contributed by atoms with van der Waals surface area (Å²) in [6.07, 6.45) is 3.87. The Hall–Kier alpha value is -1.55. The molecule has 1 fully saturated rings. The summed E-state index contributed by atoms with van der Waals surface area (Å²) in [6.45, 7) is 2.06. The summed E-state index contributed by atoms with van der Waals surface area (Å²) in [7, 11) is 0. The van der Waals surface area contributed by atoms with Gasteiger partial charge in [-0.2, -0.15) is 0 Å². The molecule has 1 aliphatic carbocycles. The van der Waals surface area contributed by atoms with E-state index >= 15 is 0 Å². The Morgan fingerprint density at radius 2 is 1.94 bits per heavy atom. The highest BCUT2D eigenvalue weighted by Gasteiger charge is 2.21. The zero-order valence-corrected chi connectivity index (χ0v) is 10.6. The highest BCUT2D eigenvalue weighted by molar-refractivity contribution is 5.75. The molecule has 0 spiro atoms. The zero-order chi connectivity index (χ0) is 13.0. The summed E-state index contributed by atoms with van der Waals surface area (Å²) < 4.78 is 0. The van der Waals surface area contributed by atoms with Crippen LogP contribution in [0.4, 0.5) is 5.69 Å². The van der Waals surface area contributed by atoms with E-state index < -0.39 is 0 Å². The Morgan fingerprint density at radius 3 is 2.44 bits per heavy atom. The molecule has 2 rings (SSSR count). The fourth-order valence-corrected chi connectivity index (χ4v) is 2.33. The second-order valence-electron chi connectivity index (χ2n) is 5.17. The molecule has 0 bridgehead atoms. The SMILES string of the molecule is NC(=O)CN(Cc1ccc(N)cc1)CC1CCC1. The maximum absolute atomic E-state index is 11.1. The lowest BCUT2D eigenvalue weighted by Gasteiger charge is -2.31. The molecule has 1 aromatic rings. The van der Waals surface area contributed by atoms with Crippen LogP contribution in [0.3, 0.4) is 0 Å². The molecule has 0 atom stereocenters. The third-order valence-corrected chi connectivity index (χ3v) is 3.51. The molecule has 1 aromatic carbocycles. The largest absolute Gasteiger partial charge is 0.399 e. The number of hydrogen-bond acceptors (Lipinski definition) is 3. The van der Waals surface area contributed by atoms with E-state index in [4.69, 9.17) is 11.5 Å². The number of nitrogen functional groups attached to an aromatic ring is 1. The molecule has 0 unspecified atom stereocenters. The lowest BCUT2D eigenvalue weighted by atomic mass is 9.85. The van der Waals surface area contributed by atoms with Crippen LogP contribution < -0.4 is 11.5 Å². The predicted molar refractivity (Wildman–Crippen MR) is 72.7 cm³/mol. The van der Waals surface area contributed by atoms with Gasteiger partial charge < -0.3 is 11.5 Å². The van der Waals surface area contributed by atoms with Gasteiger partial charge in [0.25, 0.3) is 0 Å². The Kier molecular flexibility index (Phi) is 4.20. The van der Waals surface area contributed by atoms with E-state index in [1.54, 1.807) is 0 Å². The first-order valence-electron chi connectivity index (χ1n) is 6.48. The highest BCUT2D eigenvalue weighted by atomic mass is 16.1. The van der Waals surface area contributed by atoms with Gasteiger partial charge in [-0.1, -0.05) is 18.6 Å². The number of carbonyl (C=O) groups is 1. The van der Waals surface area contributed by atoms with E-state index in [2.05, 4.69) is 4.90 Å². The third kappa shape index (κ3) is 3.74. The molecule has 0 aliphatic heterocycles. The van der Waals surface area contributed by atoms with Crippen LogP contribution in [0.25, 0.3) is 0 Å². The van der Waals surface area contributed by atoms with Gasteiger partial charge in [-0.25, -0.2) is 0 Å². The van der Waals surface area contributed by atoms with Crippen LogP contribution in [0, 0.1) is 5.92 Å². The van der Waals surface area contributed by atoms with E-state index in [-0.39, 0.29) is 5.91 Å². The summed E-state index contributed by atoms with van der Waals surface area (Å²) in [4.78, 5) is 13.2. The summed E-state index contributed by atoms with van der Waals surface area (Å²) >= 11 is 0. The van der Waals surface area contributed by atoms with Crippen molar-refractivity contribution in [1.29, 1.82) is 0 Å². The van der Waals surface area contributed by atoms with Gasteiger partial charge in [0.05, 0.1) is 6.54 Å². The van der Waals surface area contributed by atoms with Crippen molar-refractivity contribution in [3.63, 3.8) is 0 Å². The Balaban J connectivity index is 1.94. The molecule has 1 amide bonds. The number of rotatable bonds is 6. The number of amides is 1. The maximum atomic E-state index is 11.1. The smallest absolute Gasteiger partial charge is 0.231 e. The molecule has 0 saturated heterocycles. The van der Waals surface area contributed by atoms with Gasteiger partial charge in [-0.15, -0.1) is 0 Å². The van der Waals surface area contributed by atoms with Crippen molar-refractivity contribution in [2.45, 2.75) is 25.8 Å². The summed E-state index contributed by atoms with van der Waals surface area (Å²) in [5, 5.41) is 0. The number of anilines is 1. The average molecular weight is 247 g/mol. The minimum absolute atomic E-state index is 0.259. The fraction of sp³-hybridized carbons (Fsp3) is 0.500. The second-order valence-corrected chi connectivity index (χ2v) is 5.17. The number of hydrogen-bond donors (Lipinski definition) is 2. The van der Waals surface area contributed by atoms with Crippen LogP contribution in [0.5, 0.6) is 0 Å². The van der Waals surface area contributed by atoms with Crippen molar-refractivity contribution < 1.29 is 4.79 Å². The Bertz CT molecular complexity index is 398. The first-order chi connectivity index (χ1) is 8.63. The van der Waals surface area contributed by atoms with Gasteiger partial charge >= 0.3 is 0 Å². The van der Waals surface area contributed by atoms with Gasteiger partial charge in [0, 0.05) is 18.8 Å². The number of primary amides is 1. The molecule has 1 aliphatic rings. The quantitative estimate of drug-likeness (QED) is 0.745. The molecule has 4 N–H and O–H groups in total. The van der Waals surface area contributed by atoms with Gasteiger partial charge in [0.1, 0.15) is 0 Å². The molecule has 4 nitrogen and oxygen atoms in total. The van der Waals surface area contributed by atoms with Gasteiger partial charge in [-0.3, -0.25) is 9.69 Å². The Morgan fingerprint density at radius 1 is 1.28 bits per heavy atom. The molecule has 0 heterocycles. The minimum Gasteiger partial charge on any atom is -0.399 e. The number of nitrogens with two attached hydrogens (primary N) is 2. The topological polar surface area (TPSA) is 72.4 Å². The number of benzene rings is 1. The second kappa shape index (κ2) is 5.87. The highest BCUT2D eigenvalue weighted by Crippen LogP contribution is 2.27. The van der Waals surface area contributed by atoms with Gasteiger partial charge in [-0.05, 0) is 36.5 Å². The molecule has 98 valence electrons. The summed E-state index contributed by atoms with van der Waals surface area (Å²) in [5.74, 6) is 0.475. The summed E-state index contributed by atoms with van der Waals surface area (Å²) in [6, 6.07) is 7.79. The van der Waals surface area contributed by atoms with Crippen molar-refractivity contribution >= 4 is 11.6 Å². The van der Waals surface area contributed by atoms with E-state index in [0.29, 0.717) is 6.54 Å². The van der Waals surface area contributed by atoms with E-state index in [1.807, 2.05) is 24.3 Å². The first-order valence-corrected chi connectivity index (χ1v) is 6.48. The van der Waals surface area contributed by atoms with Crippen molar-refractivity contribution in [2.75, 3.05) is 18.8 Å². The van der Waals surface area contributed by atoms with Crippen LogP contribution in [-0.4, -0.2) is 23.9 Å². The standard InChI is InChI=1S/C14H21N3O/c15-13-6-4-12(5-7-13)9-17(10-14(16)18)8-11-2-1-3-11/h4-7,11H,1-3,8-10,15H2,(H2,16,18). The van der Waals surface area contributed by atoms with Crippen molar-refractivity contribution in [1.82, 2.24) is 4.90 Å². The van der Waals surface area contributed by atoms with Gasteiger partial charge in [0.15, 0.2) is 0 Å². The molecule has 1 saturated carbocycles. The van der Waals surface area contributed by atoms with E-state index in [9.17, 15) is 4.79 Å². The molecule has 4 heteroatoms. The molecular weight excluding hydrogens is 226 g/mol. The normalized spacial score (nSPS) is 15.6. The van der Waals surface area contributed by atoms with Crippen molar-refractivity contribution in [3.05, 3.63) is 29.8 Å². The predicted octanol–water partition coefficient (Wildman–Crippen LogP) is 1.36. The lowest BCUT2D eigenvalue weighted by molar-refractivity contribution is -0.119. The van der Waals surface area contributed by atoms with Gasteiger partial charge in [0.2, 0.25) is 5.91 Å². The monoisotopic (exact) mass is 247 g/mol. The van der Waals surface area contributed by atoms with Crippen molar-refractivity contribution in [3.8, 4) is 0 Å². The van der Waals surface area contributed by atoms with Crippen molar-refractivity contribution in [2.24, 2.45) is 11.7 Å². The fourth-order valence-electron chi connectivity index (χ4n) is 2.33. The van der Waals surface area contributed by atoms with Crippen LogP contribution in [0.1, 0.15) is 24.8 Å². The molecule has 0 aromatic heterocycles.